The Morgan fingerprint density at radius 2 is 1.61 bits per heavy atom. The number of hydrogen-bond donors (Lipinski definition) is 0. The zero-order chi connectivity index (χ0) is 21.8. The highest BCUT2D eigenvalue weighted by Crippen LogP contribution is 2.34. The smallest absolute Gasteiger partial charge is 0.201 e. The first kappa shape index (κ1) is 21.2. The van der Waals surface area contributed by atoms with Crippen molar-refractivity contribution in [3.63, 3.8) is 0 Å². The molecule has 0 radical (unpaired) electrons. The summed E-state index contributed by atoms with van der Waals surface area (Å²) in [7, 11) is 0. The lowest BCUT2D eigenvalue weighted by Crippen LogP contribution is -2.11. The molecular weight excluding hydrogens is 401 g/mol. The van der Waals surface area contributed by atoms with Crippen LogP contribution in [-0.2, 0) is 4.74 Å². The van der Waals surface area contributed by atoms with Crippen LogP contribution in [0.5, 0.6) is 5.75 Å². The van der Waals surface area contributed by atoms with Gasteiger partial charge in [0.25, 0.3) is 0 Å². The summed E-state index contributed by atoms with van der Waals surface area (Å²) in [5.74, 6) is -2.53. The van der Waals surface area contributed by atoms with Crippen molar-refractivity contribution < 1.29 is 22.6 Å². The van der Waals surface area contributed by atoms with Crippen LogP contribution in [0.3, 0.4) is 0 Å². The predicted octanol–water partition coefficient (Wildman–Crippen LogP) is 7.24. The molecule has 0 N–H and O–H groups in total. The molecule has 0 aromatic heterocycles. The average molecular weight is 424 g/mol. The van der Waals surface area contributed by atoms with Crippen molar-refractivity contribution in [2.45, 2.75) is 25.4 Å². The van der Waals surface area contributed by atoms with E-state index in [2.05, 4.69) is 6.58 Å². The molecule has 0 spiro atoms. The second-order valence-corrected chi connectivity index (χ2v) is 7.51. The molecule has 1 atom stereocenters. The third-order valence-electron chi connectivity index (χ3n) is 5.46. The molecule has 0 aliphatic carbocycles. The maximum Gasteiger partial charge on any atom is 0.201 e. The molecule has 1 aliphatic rings. The van der Waals surface area contributed by atoms with Crippen molar-refractivity contribution in [3.8, 4) is 28.0 Å². The lowest BCUT2D eigenvalue weighted by Gasteiger charge is -2.23. The number of ether oxygens (including phenoxy) is 2. The molecule has 1 unspecified atom stereocenters. The molecule has 31 heavy (non-hydrogen) atoms. The van der Waals surface area contributed by atoms with E-state index in [4.69, 9.17) is 9.47 Å². The third kappa shape index (κ3) is 4.52. The van der Waals surface area contributed by atoms with Crippen LogP contribution >= 0.6 is 0 Å². The first-order valence-electron chi connectivity index (χ1n) is 10.3. The number of halogens is 3. The SMILES string of the molecule is C=CCOc1ccc(-c2ccc(-c3ccc(C4CCCCO4)cc3F)cc2)c(F)c1F. The molecule has 3 aromatic carbocycles. The molecule has 0 bridgehead atoms. The van der Waals surface area contributed by atoms with E-state index in [0.717, 1.165) is 24.8 Å². The van der Waals surface area contributed by atoms with Crippen molar-refractivity contribution >= 4 is 0 Å². The summed E-state index contributed by atoms with van der Waals surface area (Å²) >= 11 is 0. The summed E-state index contributed by atoms with van der Waals surface area (Å²) < 4.78 is 54.4. The Hall–Kier alpha value is -3.05. The van der Waals surface area contributed by atoms with E-state index in [9.17, 15) is 13.2 Å². The predicted molar refractivity (Wildman–Crippen MR) is 115 cm³/mol. The molecule has 4 rings (SSSR count). The van der Waals surface area contributed by atoms with Crippen LogP contribution in [0.4, 0.5) is 13.2 Å². The van der Waals surface area contributed by atoms with Gasteiger partial charge in [-0.3, -0.25) is 0 Å². The van der Waals surface area contributed by atoms with E-state index in [1.54, 1.807) is 30.3 Å². The van der Waals surface area contributed by atoms with Crippen LogP contribution in [0, 0.1) is 17.5 Å². The lowest BCUT2D eigenvalue weighted by molar-refractivity contribution is 0.0148. The topological polar surface area (TPSA) is 18.5 Å². The van der Waals surface area contributed by atoms with E-state index in [1.807, 2.05) is 6.07 Å². The lowest BCUT2D eigenvalue weighted by atomic mass is 9.96. The Labute approximate surface area is 179 Å². The van der Waals surface area contributed by atoms with Gasteiger partial charge >= 0.3 is 0 Å². The van der Waals surface area contributed by atoms with E-state index < -0.39 is 11.6 Å². The van der Waals surface area contributed by atoms with Crippen LogP contribution < -0.4 is 4.74 Å². The van der Waals surface area contributed by atoms with Gasteiger partial charge in [-0.25, -0.2) is 8.78 Å². The Morgan fingerprint density at radius 1 is 0.903 bits per heavy atom. The van der Waals surface area contributed by atoms with Gasteiger partial charge in [0.05, 0.1) is 6.10 Å². The van der Waals surface area contributed by atoms with Gasteiger partial charge in [-0.1, -0.05) is 49.1 Å². The van der Waals surface area contributed by atoms with Crippen LogP contribution in [-0.4, -0.2) is 13.2 Å². The quantitative estimate of drug-likeness (QED) is 0.388. The van der Waals surface area contributed by atoms with E-state index >= 15 is 0 Å². The minimum absolute atomic E-state index is 0.0593. The molecule has 1 fully saturated rings. The first-order chi connectivity index (χ1) is 15.1. The Kier molecular flexibility index (Phi) is 6.42. The maximum atomic E-state index is 14.8. The average Bonchev–Trinajstić information content (AvgIpc) is 2.81. The second-order valence-electron chi connectivity index (χ2n) is 7.51. The van der Waals surface area contributed by atoms with Gasteiger partial charge in [-0.2, -0.15) is 4.39 Å². The monoisotopic (exact) mass is 424 g/mol. The highest BCUT2D eigenvalue weighted by molar-refractivity contribution is 5.71. The van der Waals surface area contributed by atoms with Crippen molar-refractivity contribution in [3.05, 3.63) is 90.3 Å². The first-order valence-corrected chi connectivity index (χ1v) is 10.3. The molecule has 0 amide bonds. The minimum Gasteiger partial charge on any atom is -0.486 e. The molecule has 1 heterocycles. The number of benzene rings is 3. The van der Waals surface area contributed by atoms with Gasteiger partial charge in [0.2, 0.25) is 5.82 Å². The fourth-order valence-corrected chi connectivity index (χ4v) is 3.81. The van der Waals surface area contributed by atoms with E-state index in [-0.39, 0.29) is 29.8 Å². The van der Waals surface area contributed by atoms with Gasteiger partial charge in [0.15, 0.2) is 11.6 Å². The standard InChI is InChI=1S/C26H23F3O2/c1-2-14-30-24-13-12-21(25(28)26(24)29)18-8-6-17(7-9-18)20-11-10-19(16-22(20)27)23-5-3-4-15-31-23/h2,6-13,16,23H,1,3-5,14-15H2. The molecule has 1 saturated heterocycles. The van der Waals surface area contributed by atoms with Crippen LogP contribution in [0.25, 0.3) is 22.3 Å². The molecule has 2 nitrogen and oxygen atoms in total. The molecule has 3 aromatic rings. The van der Waals surface area contributed by atoms with Gasteiger partial charge in [0.1, 0.15) is 12.4 Å². The molecule has 0 saturated carbocycles. The highest BCUT2D eigenvalue weighted by atomic mass is 19.2. The third-order valence-corrected chi connectivity index (χ3v) is 5.46. The molecule has 5 heteroatoms. The summed E-state index contributed by atoms with van der Waals surface area (Å²) in [6.45, 7) is 4.27. The Balaban J connectivity index is 1.57. The Morgan fingerprint density at radius 3 is 2.26 bits per heavy atom. The highest BCUT2D eigenvalue weighted by Gasteiger charge is 2.19. The van der Waals surface area contributed by atoms with Gasteiger partial charge < -0.3 is 9.47 Å². The number of rotatable bonds is 6. The summed E-state index contributed by atoms with van der Waals surface area (Å²) in [6.07, 6.45) is 4.41. The second kappa shape index (κ2) is 9.40. The largest absolute Gasteiger partial charge is 0.486 e. The van der Waals surface area contributed by atoms with E-state index in [1.165, 1.54) is 24.3 Å². The minimum atomic E-state index is -1.05. The fourth-order valence-electron chi connectivity index (χ4n) is 3.81. The van der Waals surface area contributed by atoms with Crippen molar-refractivity contribution in [2.75, 3.05) is 13.2 Å². The summed E-state index contributed by atoms with van der Waals surface area (Å²) in [4.78, 5) is 0. The van der Waals surface area contributed by atoms with Gasteiger partial charge in [0, 0.05) is 17.7 Å². The maximum absolute atomic E-state index is 14.8. The van der Waals surface area contributed by atoms with Crippen molar-refractivity contribution in [1.82, 2.24) is 0 Å². The van der Waals surface area contributed by atoms with Crippen LogP contribution in [0.15, 0.2) is 67.3 Å². The summed E-state index contributed by atoms with van der Waals surface area (Å²) in [5.41, 5.74) is 2.55. The fraction of sp³-hybridized carbons (Fsp3) is 0.231. The van der Waals surface area contributed by atoms with Gasteiger partial charge in [-0.05, 0) is 54.2 Å². The van der Waals surface area contributed by atoms with Crippen molar-refractivity contribution in [1.29, 1.82) is 0 Å². The molecule has 1 aliphatic heterocycles. The Bertz CT molecular complexity index is 1070. The normalized spacial score (nSPS) is 16.2. The number of hydrogen-bond acceptors (Lipinski definition) is 2. The zero-order valence-corrected chi connectivity index (χ0v) is 17.0. The molecular formula is C26H23F3O2. The zero-order valence-electron chi connectivity index (χ0n) is 17.0. The van der Waals surface area contributed by atoms with Crippen LogP contribution in [0.2, 0.25) is 0 Å². The summed E-state index contributed by atoms with van der Waals surface area (Å²) in [5, 5.41) is 0. The summed E-state index contributed by atoms with van der Waals surface area (Å²) in [6, 6.07) is 14.7. The van der Waals surface area contributed by atoms with Gasteiger partial charge in [-0.15, -0.1) is 0 Å². The van der Waals surface area contributed by atoms with Crippen LogP contribution in [0.1, 0.15) is 30.9 Å². The van der Waals surface area contributed by atoms with Crippen molar-refractivity contribution in [2.24, 2.45) is 0 Å². The molecule has 160 valence electrons. The van der Waals surface area contributed by atoms with E-state index in [0.29, 0.717) is 23.3 Å².